The van der Waals surface area contributed by atoms with Crippen molar-refractivity contribution in [1.29, 1.82) is 0 Å². The van der Waals surface area contributed by atoms with Gasteiger partial charge >= 0.3 is 12.1 Å². The van der Waals surface area contributed by atoms with Crippen molar-refractivity contribution in [2.45, 2.75) is 38.4 Å². The normalized spacial score (nSPS) is 19.8. The van der Waals surface area contributed by atoms with Crippen LogP contribution in [0.25, 0.3) is 0 Å². The van der Waals surface area contributed by atoms with Crippen LogP contribution in [-0.4, -0.2) is 52.2 Å². The van der Waals surface area contributed by atoms with Crippen LogP contribution in [0.4, 0.5) is 13.2 Å². The molecule has 2 aliphatic heterocycles. The number of carbonyl (C=O) groups excluding carboxylic acids is 1. The maximum Gasteiger partial charge on any atom is 0.490 e. The third-order valence-electron chi connectivity index (χ3n) is 4.49. The first-order chi connectivity index (χ1) is 12.1. The van der Waals surface area contributed by atoms with E-state index in [1.807, 2.05) is 13.0 Å². The molecule has 1 aromatic carbocycles. The van der Waals surface area contributed by atoms with Crippen molar-refractivity contribution < 1.29 is 33.0 Å². The Bertz CT molecular complexity index is 707. The highest BCUT2D eigenvalue weighted by Gasteiger charge is 2.38. The Labute approximate surface area is 148 Å². The minimum atomic E-state index is -5.08. The monoisotopic (exact) mass is 371 g/mol. The number of hydrogen-bond acceptors (Lipinski definition) is 4. The number of Topliss-reactive ketones (excluding diaryl/α,β-unsaturated/α-hetero) is 1. The van der Waals surface area contributed by atoms with Gasteiger partial charge in [-0.2, -0.15) is 13.2 Å². The summed E-state index contributed by atoms with van der Waals surface area (Å²) in [5.41, 5.74) is 2.21. The van der Waals surface area contributed by atoms with Crippen LogP contribution in [-0.2, 0) is 4.79 Å². The molecule has 1 unspecified atom stereocenters. The number of carboxylic acid groups (broad SMARTS) is 1. The molecule has 2 N–H and O–H groups in total. The Morgan fingerprint density at radius 1 is 1.23 bits per heavy atom. The van der Waals surface area contributed by atoms with Crippen molar-refractivity contribution in [3.63, 3.8) is 0 Å². The molecule has 5 nitrogen and oxygen atoms in total. The average Bonchev–Trinajstić information content (AvgIpc) is 3.02. The van der Waals surface area contributed by atoms with Crippen LogP contribution >= 0.6 is 0 Å². The molecule has 0 aliphatic carbocycles. The Morgan fingerprint density at radius 2 is 1.88 bits per heavy atom. The first kappa shape index (κ1) is 20.0. The standard InChI is InChI=1S/C16H19NO2.C2HF3O2/c1-11-5-2-8-14(18)15(11)16(19)12-6-3-9-17-10-4-7-13(12)17;3-2(4,5)1(6)7/h2,5-6,8,13,18H,3-4,7,9-10H2,1H3;(H,6,7). The van der Waals surface area contributed by atoms with Gasteiger partial charge in [-0.05, 0) is 44.4 Å². The van der Waals surface area contributed by atoms with Gasteiger partial charge < -0.3 is 10.2 Å². The van der Waals surface area contributed by atoms with E-state index in [1.54, 1.807) is 12.1 Å². The van der Waals surface area contributed by atoms with Crippen LogP contribution in [0, 0.1) is 6.92 Å². The summed E-state index contributed by atoms with van der Waals surface area (Å²) < 4.78 is 31.7. The van der Waals surface area contributed by atoms with E-state index in [-0.39, 0.29) is 17.6 Å². The lowest BCUT2D eigenvalue weighted by Gasteiger charge is -2.30. The molecule has 1 aromatic rings. The molecule has 2 heterocycles. The molecule has 142 valence electrons. The number of aryl methyl sites for hydroxylation is 1. The third-order valence-corrected chi connectivity index (χ3v) is 4.49. The zero-order valence-corrected chi connectivity index (χ0v) is 14.2. The number of halogens is 3. The van der Waals surface area contributed by atoms with Crippen LogP contribution in [0.2, 0.25) is 0 Å². The topological polar surface area (TPSA) is 77.8 Å². The van der Waals surface area contributed by atoms with Crippen LogP contribution in [0.15, 0.2) is 29.8 Å². The molecule has 0 bridgehead atoms. The predicted octanol–water partition coefficient (Wildman–Crippen LogP) is 3.31. The van der Waals surface area contributed by atoms with Crippen LogP contribution < -0.4 is 0 Å². The largest absolute Gasteiger partial charge is 0.507 e. The number of phenolic OH excluding ortho intramolecular Hbond substituents is 1. The molecule has 1 atom stereocenters. The Kier molecular flexibility index (Phi) is 6.07. The molecule has 0 aromatic heterocycles. The number of aliphatic carboxylic acids is 1. The van der Waals surface area contributed by atoms with E-state index in [9.17, 15) is 23.1 Å². The summed E-state index contributed by atoms with van der Waals surface area (Å²) in [7, 11) is 0. The maximum atomic E-state index is 12.7. The molecule has 3 rings (SSSR count). The number of rotatable bonds is 2. The molecule has 0 amide bonds. The van der Waals surface area contributed by atoms with Crippen LogP contribution in [0.3, 0.4) is 0 Å². The van der Waals surface area contributed by atoms with Crippen molar-refractivity contribution >= 4 is 11.8 Å². The van der Waals surface area contributed by atoms with Crippen molar-refractivity contribution in [1.82, 2.24) is 4.90 Å². The molecule has 0 radical (unpaired) electrons. The summed E-state index contributed by atoms with van der Waals surface area (Å²) in [5, 5.41) is 17.1. The van der Waals surface area contributed by atoms with E-state index in [1.165, 1.54) is 0 Å². The van der Waals surface area contributed by atoms with Gasteiger partial charge in [-0.15, -0.1) is 0 Å². The van der Waals surface area contributed by atoms with E-state index in [2.05, 4.69) is 11.0 Å². The number of carboxylic acids is 1. The fourth-order valence-electron chi connectivity index (χ4n) is 3.30. The Morgan fingerprint density at radius 3 is 2.46 bits per heavy atom. The van der Waals surface area contributed by atoms with Crippen molar-refractivity contribution in [2.75, 3.05) is 13.1 Å². The highest BCUT2D eigenvalue weighted by atomic mass is 19.4. The Balaban J connectivity index is 0.000000298. The second-order valence-corrected chi connectivity index (χ2v) is 6.24. The molecule has 0 spiro atoms. The van der Waals surface area contributed by atoms with E-state index in [0.717, 1.165) is 43.5 Å². The second kappa shape index (κ2) is 7.90. The minimum absolute atomic E-state index is 0.00667. The zero-order valence-electron chi connectivity index (χ0n) is 14.2. The summed E-state index contributed by atoms with van der Waals surface area (Å²) >= 11 is 0. The van der Waals surface area contributed by atoms with Crippen molar-refractivity contribution in [3.8, 4) is 5.75 Å². The number of carbonyl (C=O) groups is 2. The quantitative estimate of drug-likeness (QED) is 0.780. The van der Waals surface area contributed by atoms with Gasteiger partial charge in [0, 0.05) is 18.2 Å². The fourth-order valence-corrected chi connectivity index (χ4v) is 3.30. The zero-order chi connectivity index (χ0) is 19.5. The fraction of sp³-hybridized carbons (Fsp3) is 0.444. The summed E-state index contributed by atoms with van der Waals surface area (Å²) in [6, 6.07) is 5.51. The molecular weight excluding hydrogens is 351 g/mol. The number of phenols is 1. The molecule has 8 heteroatoms. The highest BCUT2D eigenvalue weighted by Crippen LogP contribution is 2.32. The van der Waals surface area contributed by atoms with Gasteiger partial charge in [-0.25, -0.2) is 4.79 Å². The molecule has 0 saturated carbocycles. The number of alkyl halides is 3. The maximum absolute atomic E-state index is 12.7. The molecule has 1 saturated heterocycles. The van der Waals surface area contributed by atoms with E-state index < -0.39 is 12.1 Å². The lowest BCUT2D eigenvalue weighted by Crippen LogP contribution is -2.37. The first-order valence-electron chi connectivity index (χ1n) is 8.20. The van der Waals surface area contributed by atoms with Gasteiger partial charge in [-0.1, -0.05) is 18.2 Å². The molecule has 2 aliphatic rings. The lowest BCUT2D eigenvalue weighted by atomic mass is 9.90. The van der Waals surface area contributed by atoms with Gasteiger partial charge in [-0.3, -0.25) is 9.69 Å². The molecule has 1 fully saturated rings. The SMILES string of the molecule is Cc1cccc(O)c1C(=O)C1=CCCN2CCCC12.O=C(O)C(F)(F)F. The van der Waals surface area contributed by atoms with Gasteiger partial charge in [0.1, 0.15) is 5.75 Å². The number of hydrogen-bond donors (Lipinski definition) is 2. The number of nitrogens with zero attached hydrogens (tertiary/aromatic N) is 1. The number of fused-ring (bicyclic) bond motifs is 1. The second-order valence-electron chi connectivity index (χ2n) is 6.24. The first-order valence-corrected chi connectivity index (χ1v) is 8.20. The van der Waals surface area contributed by atoms with Gasteiger partial charge in [0.25, 0.3) is 0 Å². The van der Waals surface area contributed by atoms with Crippen molar-refractivity contribution in [3.05, 3.63) is 41.0 Å². The van der Waals surface area contributed by atoms with Crippen LogP contribution in [0.5, 0.6) is 5.75 Å². The number of benzene rings is 1. The van der Waals surface area contributed by atoms with Crippen LogP contribution in [0.1, 0.15) is 35.2 Å². The summed E-state index contributed by atoms with van der Waals surface area (Å²) in [4.78, 5) is 24.0. The third kappa shape index (κ3) is 4.43. The minimum Gasteiger partial charge on any atom is -0.507 e. The number of aromatic hydroxyl groups is 1. The van der Waals surface area contributed by atoms with Crippen molar-refractivity contribution in [2.24, 2.45) is 0 Å². The van der Waals surface area contributed by atoms with E-state index >= 15 is 0 Å². The Hall–Kier alpha value is -2.35. The smallest absolute Gasteiger partial charge is 0.490 e. The van der Waals surface area contributed by atoms with Gasteiger partial charge in [0.2, 0.25) is 0 Å². The lowest BCUT2D eigenvalue weighted by molar-refractivity contribution is -0.192. The van der Waals surface area contributed by atoms with E-state index in [0.29, 0.717) is 5.56 Å². The average molecular weight is 371 g/mol. The molecule has 26 heavy (non-hydrogen) atoms. The van der Waals surface area contributed by atoms with Gasteiger partial charge in [0.05, 0.1) is 5.56 Å². The predicted molar refractivity (Wildman–Crippen MR) is 88.2 cm³/mol. The van der Waals surface area contributed by atoms with E-state index in [4.69, 9.17) is 9.90 Å². The van der Waals surface area contributed by atoms with Gasteiger partial charge in [0.15, 0.2) is 5.78 Å². The summed E-state index contributed by atoms with van der Waals surface area (Å²) in [5.74, 6) is -2.65. The number of ketones is 1. The highest BCUT2D eigenvalue weighted by molar-refractivity contribution is 6.12. The summed E-state index contributed by atoms with van der Waals surface area (Å²) in [6.07, 6.45) is 0.143. The molecular formula is C18H20F3NO4. The summed E-state index contributed by atoms with van der Waals surface area (Å²) in [6.45, 7) is 4.03.